The van der Waals surface area contributed by atoms with Gasteiger partial charge in [-0.25, -0.2) is 0 Å². The fourth-order valence-electron chi connectivity index (χ4n) is 1.41. The summed E-state index contributed by atoms with van der Waals surface area (Å²) in [6, 6.07) is 8.39. The lowest BCUT2D eigenvalue weighted by Crippen LogP contribution is -2.29. The van der Waals surface area contributed by atoms with Crippen LogP contribution in [0.4, 0.5) is 5.69 Å². The maximum absolute atomic E-state index is 9.60. The van der Waals surface area contributed by atoms with Crippen LogP contribution in [0.3, 0.4) is 0 Å². The minimum Gasteiger partial charge on any atom is -0.389 e. The number of benzene rings is 1. The van der Waals surface area contributed by atoms with Gasteiger partial charge in [0.2, 0.25) is 0 Å². The molecule has 2 heteroatoms. The van der Waals surface area contributed by atoms with Crippen molar-refractivity contribution in [2.75, 3.05) is 11.9 Å². The Kier molecular flexibility index (Phi) is 3.64. The second-order valence-electron chi connectivity index (χ2n) is 5.99. The van der Waals surface area contributed by atoms with E-state index in [0.29, 0.717) is 6.54 Å². The van der Waals surface area contributed by atoms with Crippen molar-refractivity contribution in [3.63, 3.8) is 0 Å². The summed E-state index contributed by atoms with van der Waals surface area (Å²) in [7, 11) is 0. The number of anilines is 1. The van der Waals surface area contributed by atoms with Gasteiger partial charge in [-0.2, -0.15) is 0 Å². The fourth-order valence-corrected chi connectivity index (χ4v) is 1.41. The molecule has 2 N–H and O–H groups in total. The first-order valence-electron chi connectivity index (χ1n) is 5.75. The van der Waals surface area contributed by atoms with Crippen LogP contribution in [0.2, 0.25) is 0 Å². The largest absolute Gasteiger partial charge is 0.389 e. The van der Waals surface area contributed by atoms with Gasteiger partial charge in [0.25, 0.3) is 0 Å². The summed E-state index contributed by atoms with van der Waals surface area (Å²) in [4.78, 5) is 0. The van der Waals surface area contributed by atoms with Gasteiger partial charge in [0, 0.05) is 12.2 Å². The number of rotatable bonds is 3. The summed E-state index contributed by atoms with van der Waals surface area (Å²) in [5.74, 6) is 0. The third kappa shape index (κ3) is 4.23. The van der Waals surface area contributed by atoms with Gasteiger partial charge in [-0.15, -0.1) is 0 Å². The maximum Gasteiger partial charge on any atom is 0.0763 e. The summed E-state index contributed by atoms with van der Waals surface area (Å²) in [6.07, 6.45) is 0. The minimum absolute atomic E-state index is 0.189. The highest BCUT2D eigenvalue weighted by atomic mass is 16.3. The molecule has 1 rings (SSSR count). The molecule has 0 saturated carbocycles. The summed E-state index contributed by atoms with van der Waals surface area (Å²) in [5, 5.41) is 12.8. The molecule has 0 unspecified atom stereocenters. The third-order valence-electron chi connectivity index (χ3n) is 2.48. The number of hydrogen-bond acceptors (Lipinski definition) is 2. The van der Waals surface area contributed by atoms with Crippen molar-refractivity contribution in [3.8, 4) is 0 Å². The molecule has 0 aliphatic rings. The Hall–Kier alpha value is -1.02. The number of nitrogens with one attached hydrogen (secondary N) is 1. The van der Waals surface area contributed by atoms with E-state index in [-0.39, 0.29) is 5.41 Å². The van der Waals surface area contributed by atoms with E-state index >= 15 is 0 Å². The van der Waals surface area contributed by atoms with Gasteiger partial charge in [0.15, 0.2) is 0 Å². The molecule has 2 nitrogen and oxygen atoms in total. The van der Waals surface area contributed by atoms with Crippen LogP contribution in [0.1, 0.15) is 40.2 Å². The van der Waals surface area contributed by atoms with Crippen LogP contribution in [0, 0.1) is 0 Å². The first-order valence-corrected chi connectivity index (χ1v) is 5.75. The van der Waals surface area contributed by atoms with E-state index in [4.69, 9.17) is 0 Å². The highest BCUT2D eigenvalue weighted by Gasteiger charge is 2.14. The smallest absolute Gasteiger partial charge is 0.0763 e. The fraction of sp³-hybridized carbons (Fsp3) is 0.571. The molecular formula is C14H23NO. The van der Waals surface area contributed by atoms with Gasteiger partial charge in [0.05, 0.1) is 5.60 Å². The van der Waals surface area contributed by atoms with Crippen molar-refractivity contribution < 1.29 is 5.11 Å². The average Bonchev–Trinajstić information content (AvgIpc) is 2.13. The molecule has 0 bridgehead atoms. The molecule has 0 saturated heterocycles. The van der Waals surface area contributed by atoms with E-state index in [0.717, 1.165) is 5.69 Å². The lowest BCUT2D eigenvalue weighted by molar-refractivity contribution is 0.0945. The zero-order chi connectivity index (χ0) is 12.4. The van der Waals surface area contributed by atoms with Crippen LogP contribution in [0.5, 0.6) is 0 Å². The Morgan fingerprint density at radius 2 is 1.50 bits per heavy atom. The third-order valence-corrected chi connectivity index (χ3v) is 2.48. The van der Waals surface area contributed by atoms with E-state index < -0.39 is 5.60 Å². The molecule has 0 fully saturated rings. The van der Waals surface area contributed by atoms with E-state index in [1.54, 1.807) is 13.8 Å². The van der Waals surface area contributed by atoms with Crippen LogP contribution in [-0.4, -0.2) is 17.3 Å². The minimum atomic E-state index is -0.678. The Balaban J connectivity index is 2.66. The predicted molar refractivity (Wildman–Crippen MR) is 69.9 cm³/mol. The van der Waals surface area contributed by atoms with Gasteiger partial charge in [0.1, 0.15) is 0 Å². The molecule has 1 aromatic carbocycles. The normalized spacial score (nSPS) is 12.6. The summed E-state index contributed by atoms with van der Waals surface area (Å²) >= 11 is 0. The molecule has 16 heavy (non-hydrogen) atoms. The Labute approximate surface area is 98.7 Å². The molecule has 0 heterocycles. The predicted octanol–water partition coefficient (Wildman–Crippen LogP) is 3.17. The van der Waals surface area contributed by atoms with Crippen LogP contribution in [0.15, 0.2) is 24.3 Å². The Bertz CT molecular complexity index is 327. The van der Waals surface area contributed by atoms with Crippen molar-refractivity contribution in [2.45, 2.75) is 45.6 Å². The van der Waals surface area contributed by atoms with E-state index in [2.05, 4.69) is 50.4 Å². The topological polar surface area (TPSA) is 32.3 Å². The molecular weight excluding hydrogens is 198 g/mol. The van der Waals surface area contributed by atoms with Gasteiger partial charge in [-0.3, -0.25) is 0 Å². The summed E-state index contributed by atoms with van der Waals surface area (Å²) < 4.78 is 0. The molecule has 90 valence electrons. The second-order valence-corrected chi connectivity index (χ2v) is 5.99. The standard InChI is InChI=1S/C14H23NO/c1-13(2,3)11-6-8-12(9-7-11)15-10-14(4,5)16/h6-9,15-16H,10H2,1-5H3. The number of aliphatic hydroxyl groups is 1. The summed E-state index contributed by atoms with van der Waals surface area (Å²) in [5.41, 5.74) is 1.88. The monoisotopic (exact) mass is 221 g/mol. The highest BCUT2D eigenvalue weighted by Crippen LogP contribution is 2.23. The van der Waals surface area contributed by atoms with E-state index in [9.17, 15) is 5.11 Å². The van der Waals surface area contributed by atoms with Gasteiger partial charge >= 0.3 is 0 Å². The van der Waals surface area contributed by atoms with E-state index in [1.807, 2.05) is 0 Å². The van der Waals surface area contributed by atoms with Crippen molar-refractivity contribution in [2.24, 2.45) is 0 Å². The van der Waals surface area contributed by atoms with Crippen LogP contribution in [-0.2, 0) is 5.41 Å². The number of hydrogen-bond donors (Lipinski definition) is 2. The molecule has 0 aliphatic heterocycles. The van der Waals surface area contributed by atoms with Crippen LogP contribution < -0.4 is 5.32 Å². The SMILES string of the molecule is CC(C)(O)CNc1ccc(C(C)(C)C)cc1. The molecule has 0 spiro atoms. The van der Waals surface area contributed by atoms with Gasteiger partial charge in [-0.1, -0.05) is 32.9 Å². The maximum atomic E-state index is 9.60. The average molecular weight is 221 g/mol. The molecule has 0 amide bonds. The Morgan fingerprint density at radius 1 is 1.00 bits per heavy atom. The zero-order valence-corrected chi connectivity index (χ0v) is 11.0. The first kappa shape index (κ1) is 13.0. The van der Waals surface area contributed by atoms with E-state index in [1.165, 1.54) is 5.56 Å². The zero-order valence-electron chi connectivity index (χ0n) is 11.0. The molecule has 0 radical (unpaired) electrons. The second kappa shape index (κ2) is 4.46. The van der Waals surface area contributed by atoms with Crippen molar-refractivity contribution >= 4 is 5.69 Å². The van der Waals surface area contributed by atoms with Crippen LogP contribution in [0.25, 0.3) is 0 Å². The van der Waals surface area contributed by atoms with Crippen molar-refractivity contribution in [3.05, 3.63) is 29.8 Å². The first-order chi connectivity index (χ1) is 7.18. The van der Waals surface area contributed by atoms with Crippen molar-refractivity contribution in [1.29, 1.82) is 0 Å². The molecule has 0 aromatic heterocycles. The highest BCUT2D eigenvalue weighted by molar-refractivity contribution is 5.46. The Morgan fingerprint density at radius 3 is 1.88 bits per heavy atom. The van der Waals surface area contributed by atoms with Gasteiger partial charge in [-0.05, 0) is 37.0 Å². The van der Waals surface area contributed by atoms with Crippen LogP contribution >= 0.6 is 0 Å². The molecule has 0 atom stereocenters. The molecule has 1 aromatic rings. The summed E-state index contributed by atoms with van der Waals surface area (Å²) in [6.45, 7) is 10.7. The van der Waals surface area contributed by atoms with Crippen molar-refractivity contribution in [1.82, 2.24) is 0 Å². The lowest BCUT2D eigenvalue weighted by Gasteiger charge is -2.21. The molecule has 0 aliphatic carbocycles. The lowest BCUT2D eigenvalue weighted by atomic mass is 9.87. The van der Waals surface area contributed by atoms with Gasteiger partial charge < -0.3 is 10.4 Å². The quantitative estimate of drug-likeness (QED) is 0.821.